The molecule has 0 heterocycles. The number of benzene rings is 1. The first-order valence-corrected chi connectivity index (χ1v) is 4.97. The summed E-state index contributed by atoms with van der Waals surface area (Å²) < 4.78 is 0.916. The minimum absolute atomic E-state index is 0.303. The quantitative estimate of drug-likeness (QED) is 0.478. The second kappa shape index (κ2) is 4.19. The Hall–Kier alpha value is -0.420. The van der Waals surface area contributed by atoms with E-state index >= 15 is 0 Å². The maximum atomic E-state index is 11.0. The minimum atomic E-state index is -0.587. The van der Waals surface area contributed by atoms with E-state index in [9.17, 15) is 9.59 Å². The normalized spacial score (nSPS) is 9.77. The van der Waals surface area contributed by atoms with Gasteiger partial charge in [0, 0.05) is 14.7 Å². The Labute approximate surface area is 94.4 Å². The van der Waals surface area contributed by atoms with E-state index in [2.05, 4.69) is 22.6 Å². The molecule has 0 radical (unpaired) electrons. The van der Waals surface area contributed by atoms with Crippen LogP contribution in [0.5, 0.6) is 0 Å². The van der Waals surface area contributed by atoms with Crippen LogP contribution in [0, 0.1) is 10.5 Å². The largest absolute Gasteiger partial charge is 0.298 e. The fourth-order valence-corrected chi connectivity index (χ4v) is 2.19. The minimum Gasteiger partial charge on any atom is -0.298 e. The van der Waals surface area contributed by atoms with Crippen LogP contribution in [0.15, 0.2) is 12.1 Å². The van der Waals surface area contributed by atoms with Crippen LogP contribution in [-0.4, -0.2) is 11.5 Å². The van der Waals surface area contributed by atoms with Crippen molar-refractivity contribution in [1.82, 2.24) is 0 Å². The van der Waals surface area contributed by atoms with Gasteiger partial charge in [-0.1, -0.05) is 0 Å². The molecular weight excluding hydrogens is 302 g/mol. The first kappa shape index (κ1) is 10.7. The van der Waals surface area contributed by atoms with Gasteiger partial charge in [-0.2, -0.15) is 0 Å². The summed E-state index contributed by atoms with van der Waals surface area (Å²) in [5, 5.41) is -0.587. The maximum absolute atomic E-state index is 11.0. The molecule has 68 valence electrons. The average molecular weight is 309 g/mol. The predicted molar refractivity (Wildman–Crippen MR) is 59.5 cm³/mol. The fraction of sp³-hybridized carbons (Fsp3) is 0.111. The highest BCUT2D eigenvalue weighted by molar-refractivity contribution is 14.1. The molecule has 0 N–H and O–H groups in total. The van der Waals surface area contributed by atoms with Crippen LogP contribution in [0.1, 0.15) is 26.3 Å². The molecule has 0 atom stereocenters. The molecule has 0 bridgehead atoms. The highest BCUT2D eigenvalue weighted by Gasteiger charge is 2.12. The van der Waals surface area contributed by atoms with Gasteiger partial charge in [-0.15, -0.1) is 0 Å². The SMILES string of the molecule is Cc1cc(I)cc(C=O)c1C(=O)Cl. The molecule has 0 unspecified atom stereocenters. The van der Waals surface area contributed by atoms with Crippen LogP contribution >= 0.6 is 34.2 Å². The molecule has 0 aliphatic heterocycles. The van der Waals surface area contributed by atoms with Gasteiger partial charge in [-0.3, -0.25) is 9.59 Å². The Bertz CT molecular complexity index is 374. The van der Waals surface area contributed by atoms with Gasteiger partial charge >= 0.3 is 0 Å². The third kappa shape index (κ3) is 2.28. The molecule has 2 nitrogen and oxygen atoms in total. The summed E-state index contributed by atoms with van der Waals surface area (Å²) in [5.74, 6) is 0. The number of aldehydes is 1. The highest BCUT2D eigenvalue weighted by Crippen LogP contribution is 2.19. The second-order valence-corrected chi connectivity index (χ2v) is 4.17. The van der Waals surface area contributed by atoms with Gasteiger partial charge in [-0.05, 0) is 58.8 Å². The van der Waals surface area contributed by atoms with Crippen LogP contribution in [0.25, 0.3) is 0 Å². The van der Waals surface area contributed by atoms with Crippen molar-refractivity contribution in [3.63, 3.8) is 0 Å². The zero-order valence-corrected chi connectivity index (χ0v) is 9.72. The first-order valence-electron chi connectivity index (χ1n) is 3.51. The number of rotatable bonds is 2. The Morgan fingerprint density at radius 1 is 1.54 bits per heavy atom. The molecule has 1 aromatic carbocycles. The number of hydrogen-bond donors (Lipinski definition) is 0. The van der Waals surface area contributed by atoms with Crippen molar-refractivity contribution >= 4 is 45.7 Å². The van der Waals surface area contributed by atoms with Crippen molar-refractivity contribution in [2.45, 2.75) is 6.92 Å². The Morgan fingerprint density at radius 3 is 2.62 bits per heavy atom. The number of aryl methyl sites for hydroxylation is 1. The van der Waals surface area contributed by atoms with E-state index < -0.39 is 5.24 Å². The van der Waals surface area contributed by atoms with E-state index in [4.69, 9.17) is 11.6 Å². The molecule has 0 saturated carbocycles. The monoisotopic (exact) mass is 308 g/mol. The summed E-state index contributed by atoms with van der Waals surface area (Å²) in [6.45, 7) is 1.75. The third-order valence-electron chi connectivity index (χ3n) is 1.65. The average Bonchev–Trinajstić information content (AvgIpc) is 2.01. The fourth-order valence-electron chi connectivity index (χ4n) is 1.13. The molecule has 13 heavy (non-hydrogen) atoms. The van der Waals surface area contributed by atoms with E-state index in [0.29, 0.717) is 17.4 Å². The van der Waals surface area contributed by atoms with Gasteiger partial charge in [0.1, 0.15) is 0 Å². The van der Waals surface area contributed by atoms with E-state index in [1.807, 2.05) is 6.07 Å². The topological polar surface area (TPSA) is 34.1 Å². The lowest BCUT2D eigenvalue weighted by Crippen LogP contribution is -2.00. The van der Waals surface area contributed by atoms with E-state index in [1.165, 1.54) is 0 Å². The third-order valence-corrected chi connectivity index (χ3v) is 2.47. The summed E-state index contributed by atoms with van der Waals surface area (Å²) >= 11 is 7.43. The summed E-state index contributed by atoms with van der Waals surface area (Å²) in [5.41, 5.74) is 1.38. The van der Waals surface area contributed by atoms with Crippen LogP contribution < -0.4 is 0 Å². The predicted octanol–water partition coefficient (Wildman–Crippen LogP) is 2.79. The number of carbonyl (C=O) groups excluding carboxylic acids is 2. The molecule has 0 spiro atoms. The number of halogens is 2. The summed E-state index contributed by atoms with van der Waals surface area (Å²) in [4.78, 5) is 21.6. The zero-order valence-electron chi connectivity index (χ0n) is 6.80. The van der Waals surface area contributed by atoms with Gasteiger partial charge in [0.15, 0.2) is 6.29 Å². The van der Waals surface area contributed by atoms with Gasteiger partial charge in [-0.25, -0.2) is 0 Å². The van der Waals surface area contributed by atoms with Crippen molar-refractivity contribution in [2.24, 2.45) is 0 Å². The van der Waals surface area contributed by atoms with Crippen LogP contribution in [0.4, 0.5) is 0 Å². The van der Waals surface area contributed by atoms with Crippen LogP contribution in [0.3, 0.4) is 0 Å². The number of hydrogen-bond acceptors (Lipinski definition) is 2. The highest BCUT2D eigenvalue weighted by atomic mass is 127. The van der Waals surface area contributed by atoms with E-state index in [0.717, 1.165) is 9.13 Å². The summed E-state index contributed by atoms with van der Waals surface area (Å²) in [6, 6.07) is 3.44. The molecule has 0 fully saturated rings. The van der Waals surface area contributed by atoms with Gasteiger partial charge in [0.2, 0.25) is 0 Å². The second-order valence-electron chi connectivity index (χ2n) is 2.58. The smallest absolute Gasteiger partial charge is 0.253 e. The van der Waals surface area contributed by atoms with Gasteiger partial charge in [0.25, 0.3) is 5.24 Å². The van der Waals surface area contributed by atoms with E-state index in [-0.39, 0.29) is 0 Å². The first-order chi connectivity index (χ1) is 6.06. The summed E-state index contributed by atoms with van der Waals surface area (Å²) in [6.07, 6.45) is 0.644. The van der Waals surface area contributed by atoms with Gasteiger partial charge in [0.05, 0.1) is 0 Å². The standard InChI is InChI=1S/C9H6ClIO2/c1-5-2-7(11)3-6(4-12)8(5)9(10)13/h2-4H,1H3. The molecule has 0 aliphatic rings. The van der Waals surface area contributed by atoms with Crippen LogP contribution in [-0.2, 0) is 0 Å². The molecule has 1 aromatic rings. The van der Waals surface area contributed by atoms with Crippen LogP contribution in [0.2, 0.25) is 0 Å². The molecule has 0 aliphatic carbocycles. The van der Waals surface area contributed by atoms with Crippen molar-refractivity contribution in [2.75, 3.05) is 0 Å². The van der Waals surface area contributed by atoms with Gasteiger partial charge < -0.3 is 0 Å². The zero-order chi connectivity index (χ0) is 10.0. The number of carbonyl (C=O) groups is 2. The molecule has 4 heteroatoms. The lowest BCUT2D eigenvalue weighted by atomic mass is 10.0. The van der Waals surface area contributed by atoms with Crippen molar-refractivity contribution < 1.29 is 9.59 Å². The summed E-state index contributed by atoms with van der Waals surface area (Å²) in [7, 11) is 0. The van der Waals surface area contributed by atoms with Crippen molar-refractivity contribution in [3.8, 4) is 0 Å². The Balaban J connectivity index is 3.47. The molecule has 0 amide bonds. The maximum Gasteiger partial charge on any atom is 0.253 e. The molecule has 0 aromatic heterocycles. The van der Waals surface area contributed by atoms with E-state index in [1.54, 1.807) is 13.0 Å². The lowest BCUT2D eigenvalue weighted by molar-refractivity contribution is 0.106. The molecular formula is C9H6ClIO2. The Morgan fingerprint density at radius 2 is 2.15 bits per heavy atom. The molecule has 0 saturated heterocycles. The lowest BCUT2D eigenvalue weighted by Gasteiger charge is -2.04. The van der Waals surface area contributed by atoms with Crippen molar-refractivity contribution in [1.29, 1.82) is 0 Å². The molecule has 1 rings (SSSR count). The van der Waals surface area contributed by atoms with Crippen molar-refractivity contribution in [3.05, 3.63) is 32.4 Å². The Kier molecular flexibility index (Phi) is 3.44.